The molecule has 0 saturated heterocycles. The Morgan fingerprint density at radius 1 is 0.865 bits per heavy atom. The molecule has 0 saturated carbocycles. The van der Waals surface area contributed by atoms with Crippen molar-refractivity contribution in [3.8, 4) is 0 Å². The van der Waals surface area contributed by atoms with Crippen molar-refractivity contribution in [1.29, 1.82) is 0 Å². The lowest BCUT2D eigenvalue weighted by Gasteiger charge is -2.38. The first-order chi connectivity index (χ1) is 17.2. The van der Waals surface area contributed by atoms with E-state index in [0.717, 1.165) is 56.3 Å². The van der Waals surface area contributed by atoms with Gasteiger partial charge in [0.25, 0.3) is 0 Å². The predicted octanol–water partition coefficient (Wildman–Crippen LogP) is 4.25. The van der Waals surface area contributed by atoms with Crippen LogP contribution < -0.4 is 5.32 Å². The van der Waals surface area contributed by atoms with E-state index in [1.165, 1.54) is 0 Å². The Kier molecular flexibility index (Phi) is 20.6. The average Bonchev–Trinajstić information content (AvgIpc) is 2.77. The maximum absolute atomic E-state index is 12.1. The van der Waals surface area contributed by atoms with Crippen LogP contribution in [0, 0.1) is 0 Å². The van der Waals surface area contributed by atoms with Crippen LogP contribution in [-0.2, 0) is 28.1 Å². The molecule has 0 spiro atoms. The first-order valence-electron chi connectivity index (χ1n) is 12.9. The molecular weight excluding hydrogens is 537 g/mol. The van der Waals surface area contributed by atoms with Crippen LogP contribution in [0.1, 0.15) is 67.2 Å². The third-order valence-electron chi connectivity index (χ3n) is 5.20. The van der Waals surface area contributed by atoms with Gasteiger partial charge in [-0.05, 0) is 46.5 Å². The molecule has 0 heterocycles. The molecule has 0 radical (unpaired) electrons. The van der Waals surface area contributed by atoms with Crippen LogP contribution >= 0.6 is 0 Å². The SMILES string of the molecule is CCC[N+](CCC)(CCC)CCOC(=O)NCCC[Si](OCC)(OCC)OCC.O=S(=O)([O-])C(F)(F)F. The highest BCUT2D eigenvalue weighted by molar-refractivity contribution is 7.86. The molecule has 0 aliphatic rings. The number of nitrogens with one attached hydrogen (secondary N) is 1. The summed E-state index contributed by atoms with van der Waals surface area (Å²) < 4.78 is 82.9. The Morgan fingerprint density at radius 3 is 1.59 bits per heavy atom. The fourth-order valence-electron chi connectivity index (χ4n) is 3.97. The molecular formula is C22H47F3N2O8SSi. The van der Waals surface area contributed by atoms with Crippen molar-refractivity contribution in [3.05, 3.63) is 0 Å². The van der Waals surface area contributed by atoms with Crippen LogP contribution in [0.2, 0.25) is 6.04 Å². The Labute approximate surface area is 221 Å². The van der Waals surface area contributed by atoms with E-state index < -0.39 is 24.4 Å². The van der Waals surface area contributed by atoms with Crippen molar-refractivity contribution < 1.29 is 53.4 Å². The van der Waals surface area contributed by atoms with Crippen molar-refractivity contribution >= 4 is 25.0 Å². The Morgan fingerprint density at radius 2 is 1.27 bits per heavy atom. The highest BCUT2D eigenvalue weighted by Crippen LogP contribution is 2.20. The van der Waals surface area contributed by atoms with E-state index in [1.54, 1.807) is 0 Å². The molecule has 0 aliphatic heterocycles. The van der Waals surface area contributed by atoms with Crippen molar-refractivity contribution in [3.63, 3.8) is 0 Å². The normalized spacial score (nSPS) is 12.6. The molecule has 0 atom stereocenters. The summed E-state index contributed by atoms with van der Waals surface area (Å²) in [6, 6.07) is 0.687. The molecule has 0 rings (SSSR count). The minimum Gasteiger partial charge on any atom is -0.741 e. The molecule has 0 aromatic heterocycles. The topological polar surface area (TPSA) is 123 Å². The standard InChI is InChI=1S/C21H46N2O5Si.CHF3O3S/c1-7-15-23(16-8-2,17-9-3)18-19-25-21(24)22-14-13-20-29(26-10-4,27-11-5)28-12-6;2-1(3,4)8(5,6)7/h7-20H2,1-6H3;(H,5,6,7). The number of nitrogens with zero attached hydrogens (tertiary/aromatic N) is 1. The molecule has 1 amide bonds. The number of amides is 1. The fraction of sp³-hybridized carbons (Fsp3) is 0.955. The van der Waals surface area contributed by atoms with Crippen molar-refractivity contribution in [2.24, 2.45) is 0 Å². The fourth-order valence-corrected chi connectivity index (χ4v) is 6.59. The second-order valence-electron chi connectivity index (χ2n) is 8.28. The minimum atomic E-state index is -6.09. The van der Waals surface area contributed by atoms with Crippen LogP contribution in [0.4, 0.5) is 18.0 Å². The van der Waals surface area contributed by atoms with Crippen LogP contribution in [0.25, 0.3) is 0 Å². The van der Waals surface area contributed by atoms with E-state index in [0.29, 0.717) is 39.0 Å². The lowest BCUT2D eigenvalue weighted by Crippen LogP contribution is -2.52. The highest BCUT2D eigenvalue weighted by atomic mass is 32.2. The van der Waals surface area contributed by atoms with Gasteiger partial charge in [0.05, 0.1) is 19.6 Å². The second kappa shape index (κ2) is 20.0. The zero-order valence-corrected chi connectivity index (χ0v) is 25.0. The van der Waals surface area contributed by atoms with E-state index in [2.05, 4.69) is 26.1 Å². The van der Waals surface area contributed by atoms with Gasteiger partial charge in [-0.2, -0.15) is 13.2 Å². The van der Waals surface area contributed by atoms with Crippen LogP contribution in [0.3, 0.4) is 0 Å². The number of quaternary nitrogens is 1. The third-order valence-corrected chi connectivity index (χ3v) is 8.92. The summed E-state index contributed by atoms with van der Waals surface area (Å²) in [5.41, 5.74) is -5.65. The zero-order valence-electron chi connectivity index (χ0n) is 23.2. The number of ether oxygens (including phenoxy) is 1. The lowest BCUT2D eigenvalue weighted by atomic mass is 10.2. The van der Waals surface area contributed by atoms with Gasteiger partial charge >= 0.3 is 20.4 Å². The quantitative estimate of drug-likeness (QED) is 0.0786. The maximum atomic E-state index is 12.1. The van der Waals surface area contributed by atoms with E-state index in [1.807, 2.05) is 20.8 Å². The van der Waals surface area contributed by atoms with Gasteiger partial charge in [-0.25, -0.2) is 13.2 Å². The van der Waals surface area contributed by atoms with E-state index in [9.17, 15) is 18.0 Å². The number of halogens is 3. The number of rotatable bonds is 19. The first-order valence-corrected chi connectivity index (χ1v) is 16.3. The molecule has 0 unspecified atom stereocenters. The van der Waals surface area contributed by atoms with E-state index in [-0.39, 0.29) is 6.09 Å². The zero-order chi connectivity index (χ0) is 29.0. The maximum Gasteiger partial charge on any atom is 0.500 e. The highest BCUT2D eigenvalue weighted by Gasteiger charge is 2.39. The largest absolute Gasteiger partial charge is 0.741 e. The molecule has 224 valence electrons. The number of hydrogen-bond donors (Lipinski definition) is 1. The van der Waals surface area contributed by atoms with Gasteiger partial charge in [-0.1, -0.05) is 20.8 Å². The minimum absolute atomic E-state index is 0.343. The van der Waals surface area contributed by atoms with Crippen LogP contribution in [-0.4, -0.2) is 97.0 Å². The summed E-state index contributed by atoms with van der Waals surface area (Å²) in [6.45, 7) is 19.5. The van der Waals surface area contributed by atoms with E-state index in [4.69, 9.17) is 31.0 Å². The molecule has 10 nitrogen and oxygen atoms in total. The van der Waals surface area contributed by atoms with Gasteiger partial charge in [-0.15, -0.1) is 0 Å². The van der Waals surface area contributed by atoms with Crippen LogP contribution in [0.5, 0.6) is 0 Å². The Hall–Kier alpha value is -0.973. The summed E-state index contributed by atoms with van der Waals surface area (Å²) >= 11 is 0. The summed E-state index contributed by atoms with van der Waals surface area (Å²) in [6.07, 6.45) is 3.85. The number of alkyl halides is 3. The third kappa shape index (κ3) is 17.3. The first kappa shape index (κ1) is 38.2. The monoisotopic (exact) mass is 584 g/mol. The molecule has 0 aromatic rings. The number of carbonyl (C=O) groups is 1. The summed E-state index contributed by atoms with van der Waals surface area (Å²) in [5.74, 6) is 0. The molecule has 0 fully saturated rings. The molecule has 0 aliphatic carbocycles. The summed E-state index contributed by atoms with van der Waals surface area (Å²) in [7, 11) is -8.73. The molecule has 15 heteroatoms. The Bertz CT molecular complexity index is 666. The summed E-state index contributed by atoms with van der Waals surface area (Å²) in [5, 5.41) is 2.85. The van der Waals surface area contributed by atoms with Gasteiger partial charge < -0.3 is 32.4 Å². The lowest BCUT2D eigenvalue weighted by molar-refractivity contribution is -0.928. The van der Waals surface area contributed by atoms with Gasteiger partial charge in [0.1, 0.15) is 13.2 Å². The van der Waals surface area contributed by atoms with Crippen molar-refractivity contribution in [2.75, 3.05) is 59.2 Å². The predicted molar refractivity (Wildman–Crippen MR) is 136 cm³/mol. The van der Waals surface area contributed by atoms with Crippen molar-refractivity contribution in [1.82, 2.24) is 5.32 Å². The van der Waals surface area contributed by atoms with Crippen molar-refractivity contribution in [2.45, 2.75) is 78.8 Å². The number of hydrogen-bond acceptors (Lipinski definition) is 8. The van der Waals surface area contributed by atoms with Gasteiger partial charge in [0, 0.05) is 32.4 Å². The van der Waals surface area contributed by atoms with Crippen LogP contribution in [0.15, 0.2) is 0 Å². The molecule has 1 N–H and O–H groups in total. The smallest absolute Gasteiger partial charge is 0.500 e. The molecule has 37 heavy (non-hydrogen) atoms. The van der Waals surface area contributed by atoms with E-state index >= 15 is 0 Å². The summed E-state index contributed by atoms with van der Waals surface area (Å²) in [4.78, 5) is 12.1. The van der Waals surface area contributed by atoms with Gasteiger partial charge in [0.2, 0.25) is 0 Å². The average molecular weight is 585 g/mol. The molecule has 0 bridgehead atoms. The number of alkyl carbamates (subject to hydrolysis) is 1. The second-order valence-corrected chi connectivity index (χ2v) is 12.4. The Balaban J connectivity index is 0. The molecule has 0 aromatic carbocycles. The van der Waals surface area contributed by atoms with Gasteiger partial charge in [-0.3, -0.25) is 0 Å². The number of carbonyl (C=O) groups excluding carboxylic acids is 1. The van der Waals surface area contributed by atoms with Gasteiger partial charge in [0.15, 0.2) is 10.1 Å².